The normalized spacial score (nSPS) is 15.1. The van der Waals surface area contributed by atoms with Crippen molar-refractivity contribution in [2.75, 3.05) is 18.1 Å². The molecule has 0 bridgehead atoms. The Labute approximate surface area is 194 Å². The van der Waals surface area contributed by atoms with Gasteiger partial charge in [0.05, 0.1) is 16.8 Å². The Morgan fingerprint density at radius 1 is 1.09 bits per heavy atom. The SMILES string of the molecule is C=CCOc1c(Br)cc(/C=C2\C(=O)NC(=O)N(c3ccc(C)c(C)c3)C2=O)cc1OCC. The van der Waals surface area contributed by atoms with E-state index in [4.69, 9.17) is 9.47 Å². The first-order valence-electron chi connectivity index (χ1n) is 9.95. The van der Waals surface area contributed by atoms with Gasteiger partial charge in [0.1, 0.15) is 12.2 Å². The fraction of sp³-hybridized carbons (Fsp3) is 0.208. The fourth-order valence-electron chi connectivity index (χ4n) is 3.14. The highest BCUT2D eigenvalue weighted by molar-refractivity contribution is 9.10. The van der Waals surface area contributed by atoms with Crippen molar-refractivity contribution in [3.8, 4) is 11.5 Å². The molecule has 32 heavy (non-hydrogen) atoms. The zero-order valence-electron chi connectivity index (χ0n) is 18.0. The minimum atomic E-state index is -0.787. The number of nitrogens with zero attached hydrogens (tertiary/aromatic N) is 1. The van der Waals surface area contributed by atoms with Crippen LogP contribution in [0.1, 0.15) is 23.6 Å². The Morgan fingerprint density at radius 3 is 2.50 bits per heavy atom. The number of carbonyl (C=O) groups excluding carboxylic acids is 3. The summed E-state index contributed by atoms with van der Waals surface area (Å²) in [6.45, 7) is 9.97. The van der Waals surface area contributed by atoms with Gasteiger partial charge in [0.2, 0.25) is 0 Å². The molecular weight excluding hydrogens is 476 g/mol. The van der Waals surface area contributed by atoms with Gasteiger partial charge < -0.3 is 9.47 Å². The van der Waals surface area contributed by atoms with Gasteiger partial charge in [0.25, 0.3) is 11.8 Å². The van der Waals surface area contributed by atoms with E-state index in [1.807, 2.05) is 26.8 Å². The number of amides is 4. The quantitative estimate of drug-likeness (QED) is 0.339. The molecule has 0 aromatic heterocycles. The number of benzene rings is 2. The van der Waals surface area contributed by atoms with Gasteiger partial charge in [-0.1, -0.05) is 18.7 Å². The number of carbonyl (C=O) groups is 3. The van der Waals surface area contributed by atoms with E-state index in [0.29, 0.717) is 33.8 Å². The molecule has 1 aliphatic heterocycles. The summed E-state index contributed by atoms with van der Waals surface area (Å²) >= 11 is 3.45. The first-order chi connectivity index (χ1) is 15.3. The molecule has 8 heteroatoms. The number of ether oxygens (including phenoxy) is 2. The largest absolute Gasteiger partial charge is 0.490 e. The zero-order valence-corrected chi connectivity index (χ0v) is 19.6. The Morgan fingerprint density at radius 2 is 1.84 bits per heavy atom. The van der Waals surface area contributed by atoms with E-state index in [2.05, 4.69) is 27.8 Å². The van der Waals surface area contributed by atoms with Crippen LogP contribution >= 0.6 is 15.9 Å². The molecule has 0 spiro atoms. The van der Waals surface area contributed by atoms with E-state index in [9.17, 15) is 14.4 Å². The van der Waals surface area contributed by atoms with Gasteiger partial charge in [0, 0.05) is 0 Å². The van der Waals surface area contributed by atoms with Crippen LogP contribution in [0.2, 0.25) is 0 Å². The van der Waals surface area contributed by atoms with Crippen LogP contribution in [0.15, 0.2) is 53.0 Å². The molecule has 1 N–H and O–H groups in total. The van der Waals surface area contributed by atoms with Crippen LogP contribution in [0.5, 0.6) is 11.5 Å². The molecule has 0 atom stereocenters. The number of hydrogen-bond donors (Lipinski definition) is 1. The summed E-state index contributed by atoms with van der Waals surface area (Å²) in [4.78, 5) is 39.0. The third-order valence-electron chi connectivity index (χ3n) is 4.84. The Balaban J connectivity index is 2.03. The summed E-state index contributed by atoms with van der Waals surface area (Å²) in [5, 5.41) is 2.24. The number of nitrogens with one attached hydrogen (secondary N) is 1. The number of urea groups is 1. The predicted octanol–water partition coefficient (Wildman–Crippen LogP) is 4.70. The van der Waals surface area contributed by atoms with Gasteiger partial charge in [-0.3, -0.25) is 14.9 Å². The lowest BCUT2D eigenvalue weighted by Crippen LogP contribution is -2.54. The molecule has 7 nitrogen and oxygen atoms in total. The van der Waals surface area contributed by atoms with E-state index in [1.54, 1.807) is 30.3 Å². The lowest BCUT2D eigenvalue weighted by molar-refractivity contribution is -0.122. The zero-order chi connectivity index (χ0) is 23.4. The molecule has 2 aromatic rings. The number of barbiturate groups is 1. The maximum atomic E-state index is 13.1. The van der Waals surface area contributed by atoms with Gasteiger partial charge >= 0.3 is 6.03 Å². The first-order valence-corrected chi connectivity index (χ1v) is 10.7. The maximum absolute atomic E-state index is 13.1. The molecule has 4 amide bonds. The van der Waals surface area contributed by atoms with E-state index >= 15 is 0 Å². The average Bonchev–Trinajstić information content (AvgIpc) is 2.73. The van der Waals surface area contributed by atoms with E-state index < -0.39 is 17.8 Å². The monoisotopic (exact) mass is 498 g/mol. The fourth-order valence-corrected chi connectivity index (χ4v) is 3.71. The van der Waals surface area contributed by atoms with Crippen molar-refractivity contribution < 1.29 is 23.9 Å². The Kier molecular flexibility index (Phi) is 7.15. The van der Waals surface area contributed by atoms with Crippen molar-refractivity contribution >= 4 is 45.5 Å². The molecule has 1 saturated heterocycles. The number of halogens is 1. The second-order valence-corrected chi connectivity index (χ2v) is 7.94. The van der Waals surface area contributed by atoms with Crippen molar-refractivity contribution in [3.05, 3.63) is 69.7 Å². The molecule has 1 heterocycles. The molecule has 3 rings (SSSR count). The summed E-state index contributed by atoms with van der Waals surface area (Å²) in [7, 11) is 0. The number of hydrogen-bond acceptors (Lipinski definition) is 5. The van der Waals surface area contributed by atoms with Crippen LogP contribution in [-0.4, -0.2) is 31.1 Å². The molecule has 1 aliphatic rings. The van der Waals surface area contributed by atoms with Gasteiger partial charge in [-0.2, -0.15) is 0 Å². The van der Waals surface area contributed by atoms with Gasteiger partial charge in [0.15, 0.2) is 11.5 Å². The van der Waals surface area contributed by atoms with Crippen LogP contribution in [-0.2, 0) is 9.59 Å². The van der Waals surface area contributed by atoms with Crippen molar-refractivity contribution in [1.82, 2.24) is 5.32 Å². The molecule has 0 saturated carbocycles. The highest BCUT2D eigenvalue weighted by atomic mass is 79.9. The average molecular weight is 499 g/mol. The summed E-state index contributed by atoms with van der Waals surface area (Å²) in [5.74, 6) is -0.536. The maximum Gasteiger partial charge on any atom is 0.335 e. The molecule has 0 aliphatic carbocycles. The molecule has 166 valence electrons. The van der Waals surface area contributed by atoms with Crippen molar-refractivity contribution in [2.24, 2.45) is 0 Å². The predicted molar refractivity (Wildman–Crippen MR) is 126 cm³/mol. The van der Waals surface area contributed by atoms with Crippen molar-refractivity contribution in [1.29, 1.82) is 0 Å². The highest BCUT2D eigenvalue weighted by Crippen LogP contribution is 2.38. The summed E-state index contributed by atoms with van der Waals surface area (Å²) in [6.07, 6.45) is 3.03. The summed E-state index contributed by atoms with van der Waals surface area (Å²) in [6, 6.07) is 7.80. The van der Waals surface area contributed by atoms with Crippen molar-refractivity contribution in [3.63, 3.8) is 0 Å². The third-order valence-corrected chi connectivity index (χ3v) is 5.43. The van der Waals surface area contributed by atoms with Crippen LogP contribution in [0.25, 0.3) is 6.08 Å². The molecule has 2 aromatic carbocycles. The Bertz CT molecular complexity index is 1140. The number of anilines is 1. The standard InChI is InChI=1S/C24H23BrN2O5/c1-5-9-32-21-19(25)12-16(13-20(21)31-6-2)11-18-22(28)26-24(30)27(23(18)29)17-8-7-14(3)15(4)10-17/h5,7-8,10-13H,1,6,9H2,2-4H3,(H,26,28,30)/b18-11+. The second-order valence-electron chi connectivity index (χ2n) is 7.09. The van der Waals surface area contributed by atoms with Crippen molar-refractivity contribution in [2.45, 2.75) is 20.8 Å². The van der Waals surface area contributed by atoms with Crippen LogP contribution in [0.3, 0.4) is 0 Å². The highest BCUT2D eigenvalue weighted by Gasteiger charge is 2.37. The molecule has 0 unspecified atom stereocenters. The summed E-state index contributed by atoms with van der Waals surface area (Å²) < 4.78 is 11.9. The number of imide groups is 2. The smallest absolute Gasteiger partial charge is 0.335 e. The second kappa shape index (κ2) is 9.82. The topological polar surface area (TPSA) is 84.9 Å². The van der Waals surface area contributed by atoms with E-state index in [0.717, 1.165) is 16.0 Å². The van der Waals surface area contributed by atoms with E-state index in [1.165, 1.54) is 6.08 Å². The number of rotatable bonds is 7. The Hall–Kier alpha value is -3.39. The van der Waals surface area contributed by atoms with Gasteiger partial charge in [-0.25, -0.2) is 9.69 Å². The van der Waals surface area contributed by atoms with E-state index in [-0.39, 0.29) is 12.2 Å². The molecule has 1 fully saturated rings. The minimum Gasteiger partial charge on any atom is -0.490 e. The van der Waals surface area contributed by atoms with Gasteiger partial charge in [-0.15, -0.1) is 0 Å². The van der Waals surface area contributed by atoms with Gasteiger partial charge in [-0.05, 0) is 83.7 Å². The van der Waals surface area contributed by atoms with Crippen LogP contribution < -0.4 is 19.7 Å². The minimum absolute atomic E-state index is 0.170. The third kappa shape index (κ3) is 4.75. The lowest BCUT2D eigenvalue weighted by Gasteiger charge is -2.27. The first kappa shape index (κ1) is 23.3. The lowest BCUT2D eigenvalue weighted by atomic mass is 10.0. The van der Waals surface area contributed by atoms with Crippen LogP contribution in [0.4, 0.5) is 10.5 Å². The van der Waals surface area contributed by atoms with Crippen LogP contribution in [0, 0.1) is 13.8 Å². The summed E-state index contributed by atoms with van der Waals surface area (Å²) in [5.41, 5.74) is 2.69. The molecule has 0 radical (unpaired) electrons. The molecular formula is C24H23BrN2O5. The number of aryl methyl sites for hydroxylation is 2.